The number of hydrogen-bond donors (Lipinski definition) is 3. The summed E-state index contributed by atoms with van der Waals surface area (Å²) in [6, 6.07) is 2.71. The Morgan fingerprint density at radius 3 is 2.39 bits per heavy atom. The third-order valence-corrected chi connectivity index (χ3v) is 3.76. The van der Waals surface area contributed by atoms with Crippen LogP contribution in [-0.4, -0.2) is 34.0 Å². The zero-order chi connectivity index (χ0) is 17.2. The van der Waals surface area contributed by atoms with Crippen molar-refractivity contribution in [3.8, 4) is 11.5 Å². The van der Waals surface area contributed by atoms with Gasteiger partial charge in [-0.1, -0.05) is 25.7 Å². The van der Waals surface area contributed by atoms with E-state index in [1.807, 2.05) is 0 Å². The number of aromatic hydroxyl groups is 2. The number of phenolic OH excluding ortho intramolecular Hbond substituents is 2. The summed E-state index contributed by atoms with van der Waals surface area (Å²) >= 11 is 0. The van der Waals surface area contributed by atoms with Gasteiger partial charge in [0.2, 0.25) is 0 Å². The number of esters is 1. The van der Waals surface area contributed by atoms with E-state index in [1.165, 1.54) is 12.1 Å². The molecule has 0 radical (unpaired) electrons. The van der Waals surface area contributed by atoms with Crippen molar-refractivity contribution in [3.05, 3.63) is 23.3 Å². The van der Waals surface area contributed by atoms with Gasteiger partial charge >= 0.3 is 5.97 Å². The number of aryl methyl sites for hydroxylation is 1. The van der Waals surface area contributed by atoms with E-state index < -0.39 is 5.97 Å². The third-order valence-electron chi connectivity index (χ3n) is 3.76. The van der Waals surface area contributed by atoms with Crippen molar-refractivity contribution in [1.29, 1.82) is 0 Å². The van der Waals surface area contributed by atoms with Gasteiger partial charge in [0.1, 0.15) is 17.1 Å². The average Bonchev–Trinajstić information content (AvgIpc) is 2.48. The minimum Gasteiger partial charge on any atom is -0.508 e. The Bertz CT molecular complexity index is 496. The Morgan fingerprint density at radius 2 is 1.74 bits per heavy atom. The Hall–Kier alpha value is -1.75. The van der Waals surface area contributed by atoms with Gasteiger partial charge in [-0.05, 0) is 44.7 Å². The summed E-state index contributed by atoms with van der Waals surface area (Å²) < 4.78 is 4.89. The second-order valence-corrected chi connectivity index (χ2v) is 5.87. The molecule has 1 aromatic rings. The van der Waals surface area contributed by atoms with E-state index in [2.05, 4.69) is 0 Å². The SMILES string of the molecule is CCOC(=O)c1cc(CCCCCCC[C@@H](C)O)c(O)cc1O. The molecule has 0 heterocycles. The molecule has 0 saturated carbocycles. The first-order valence-corrected chi connectivity index (χ1v) is 8.35. The molecular formula is C18H28O5. The molecule has 0 aromatic heterocycles. The summed E-state index contributed by atoms with van der Waals surface area (Å²) in [5.74, 6) is -0.836. The van der Waals surface area contributed by atoms with Gasteiger partial charge in [0.15, 0.2) is 0 Å². The lowest BCUT2D eigenvalue weighted by atomic mass is 10.0. The Labute approximate surface area is 137 Å². The van der Waals surface area contributed by atoms with Crippen LogP contribution in [0.4, 0.5) is 0 Å². The second-order valence-electron chi connectivity index (χ2n) is 5.87. The Morgan fingerprint density at radius 1 is 1.09 bits per heavy atom. The number of unbranched alkanes of at least 4 members (excludes halogenated alkanes) is 4. The zero-order valence-electron chi connectivity index (χ0n) is 14.0. The highest BCUT2D eigenvalue weighted by Crippen LogP contribution is 2.29. The van der Waals surface area contributed by atoms with Gasteiger partial charge < -0.3 is 20.1 Å². The molecule has 0 spiro atoms. The monoisotopic (exact) mass is 324 g/mol. The molecule has 0 fully saturated rings. The molecule has 3 N–H and O–H groups in total. The summed E-state index contributed by atoms with van der Waals surface area (Å²) in [6.45, 7) is 3.74. The topological polar surface area (TPSA) is 87.0 Å². The summed E-state index contributed by atoms with van der Waals surface area (Å²) in [7, 11) is 0. The van der Waals surface area contributed by atoms with Gasteiger partial charge in [-0.2, -0.15) is 0 Å². The molecule has 0 aliphatic rings. The highest BCUT2D eigenvalue weighted by Gasteiger charge is 2.16. The quantitative estimate of drug-likeness (QED) is 0.452. The maximum Gasteiger partial charge on any atom is 0.341 e. The number of aliphatic hydroxyl groups excluding tert-OH is 1. The van der Waals surface area contributed by atoms with Crippen LogP contribution in [0.1, 0.15) is 68.3 Å². The lowest BCUT2D eigenvalue weighted by Gasteiger charge is -2.10. The molecule has 23 heavy (non-hydrogen) atoms. The Kier molecular flexibility index (Phi) is 8.48. The number of benzene rings is 1. The zero-order valence-corrected chi connectivity index (χ0v) is 14.0. The molecule has 0 bridgehead atoms. The minimum absolute atomic E-state index is 0.00431. The van der Waals surface area contributed by atoms with Gasteiger partial charge in [-0.3, -0.25) is 0 Å². The van der Waals surface area contributed by atoms with Crippen LogP contribution in [0.25, 0.3) is 0 Å². The smallest absolute Gasteiger partial charge is 0.341 e. The average molecular weight is 324 g/mol. The van der Waals surface area contributed by atoms with Crippen LogP contribution >= 0.6 is 0 Å². The van der Waals surface area contributed by atoms with Gasteiger partial charge in [-0.25, -0.2) is 4.79 Å². The molecule has 5 nitrogen and oxygen atoms in total. The predicted molar refractivity (Wildman–Crippen MR) is 88.8 cm³/mol. The second kappa shape index (κ2) is 10.1. The van der Waals surface area contributed by atoms with Crippen LogP contribution in [0.3, 0.4) is 0 Å². The molecule has 130 valence electrons. The van der Waals surface area contributed by atoms with Gasteiger partial charge in [0.25, 0.3) is 0 Å². The van der Waals surface area contributed by atoms with Crippen molar-refractivity contribution in [1.82, 2.24) is 0 Å². The van der Waals surface area contributed by atoms with E-state index >= 15 is 0 Å². The summed E-state index contributed by atoms with van der Waals surface area (Å²) in [5, 5.41) is 28.8. The van der Waals surface area contributed by atoms with Crippen molar-refractivity contribution in [2.24, 2.45) is 0 Å². The summed E-state index contributed by atoms with van der Waals surface area (Å²) in [4.78, 5) is 11.7. The lowest BCUT2D eigenvalue weighted by Crippen LogP contribution is -2.05. The largest absolute Gasteiger partial charge is 0.508 e. The van der Waals surface area contributed by atoms with Crippen molar-refractivity contribution in [2.45, 2.75) is 64.9 Å². The molecule has 0 aliphatic carbocycles. The number of carbonyl (C=O) groups excluding carboxylic acids is 1. The first kappa shape index (κ1) is 19.3. The highest BCUT2D eigenvalue weighted by molar-refractivity contribution is 5.93. The van der Waals surface area contributed by atoms with E-state index in [9.17, 15) is 20.1 Å². The van der Waals surface area contributed by atoms with Crippen LogP contribution < -0.4 is 0 Å². The van der Waals surface area contributed by atoms with Crippen molar-refractivity contribution in [3.63, 3.8) is 0 Å². The Balaban J connectivity index is 2.47. The molecule has 0 aliphatic heterocycles. The highest BCUT2D eigenvalue weighted by atomic mass is 16.5. The molecule has 5 heteroatoms. The number of aliphatic hydroxyl groups is 1. The van der Waals surface area contributed by atoms with Crippen LogP contribution in [0.2, 0.25) is 0 Å². The van der Waals surface area contributed by atoms with Crippen molar-refractivity contribution < 1.29 is 24.9 Å². The minimum atomic E-state index is -0.579. The lowest BCUT2D eigenvalue weighted by molar-refractivity contribution is 0.0523. The fourth-order valence-electron chi connectivity index (χ4n) is 2.48. The molecule has 1 aromatic carbocycles. The number of carbonyl (C=O) groups is 1. The third kappa shape index (κ3) is 6.91. The van der Waals surface area contributed by atoms with E-state index in [0.717, 1.165) is 38.5 Å². The first-order valence-electron chi connectivity index (χ1n) is 8.35. The standard InChI is InChI=1S/C18H28O5/c1-3-23-18(22)15-11-14(16(20)12-17(15)21)10-8-6-4-5-7-9-13(2)19/h11-13,19-21H,3-10H2,1-2H3/t13-/m1/s1. The van der Waals surface area contributed by atoms with Crippen LogP contribution in [0.5, 0.6) is 11.5 Å². The van der Waals surface area contributed by atoms with Crippen molar-refractivity contribution in [2.75, 3.05) is 6.61 Å². The van der Waals surface area contributed by atoms with Crippen LogP contribution in [-0.2, 0) is 11.2 Å². The molecule has 1 atom stereocenters. The predicted octanol–water partition coefficient (Wildman–Crippen LogP) is 3.54. The molecule has 0 saturated heterocycles. The molecular weight excluding hydrogens is 296 g/mol. The fourth-order valence-corrected chi connectivity index (χ4v) is 2.48. The molecule has 1 rings (SSSR count). The number of hydrogen-bond acceptors (Lipinski definition) is 5. The van der Waals surface area contributed by atoms with Gasteiger partial charge in [-0.15, -0.1) is 0 Å². The maximum atomic E-state index is 11.7. The van der Waals surface area contributed by atoms with Crippen molar-refractivity contribution >= 4 is 5.97 Å². The fraction of sp³-hybridized carbons (Fsp3) is 0.611. The van der Waals surface area contributed by atoms with E-state index in [-0.39, 0.29) is 29.8 Å². The summed E-state index contributed by atoms with van der Waals surface area (Å²) in [5.41, 5.74) is 0.742. The van der Waals surface area contributed by atoms with E-state index in [0.29, 0.717) is 12.0 Å². The van der Waals surface area contributed by atoms with Gasteiger partial charge in [0, 0.05) is 6.07 Å². The van der Waals surface area contributed by atoms with Crippen LogP contribution in [0.15, 0.2) is 12.1 Å². The number of ether oxygens (including phenoxy) is 1. The first-order chi connectivity index (χ1) is 11.0. The van der Waals surface area contributed by atoms with E-state index in [1.54, 1.807) is 13.8 Å². The summed E-state index contributed by atoms with van der Waals surface area (Å²) in [6.07, 6.45) is 6.36. The molecule has 0 amide bonds. The van der Waals surface area contributed by atoms with E-state index in [4.69, 9.17) is 4.74 Å². The molecule has 0 unspecified atom stereocenters. The maximum absolute atomic E-state index is 11.7. The van der Waals surface area contributed by atoms with Gasteiger partial charge in [0.05, 0.1) is 12.7 Å². The number of rotatable bonds is 10. The normalized spacial score (nSPS) is 12.1. The number of phenols is 2. The van der Waals surface area contributed by atoms with Crippen LogP contribution in [0, 0.1) is 0 Å².